The van der Waals surface area contributed by atoms with Crippen LogP contribution in [0.1, 0.15) is 48.9 Å². The number of rotatable bonds is 2. The van der Waals surface area contributed by atoms with E-state index in [1.54, 1.807) is 0 Å². The Hall–Kier alpha value is -1.35. The Balaban J connectivity index is 0.000000434. The fourth-order valence-electron chi connectivity index (χ4n) is 3.13. The number of halogens is 2. The smallest absolute Gasteiger partial charge is 0.0126 e. The predicted molar refractivity (Wildman–Crippen MR) is 128 cm³/mol. The second kappa shape index (κ2) is 15.5. The number of fused-ring (bicyclic) bond motifs is 1. The number of aliphatic hydroxyl groups excluding tert-OH is 1. The molecule has 0 saturated heterocycles. The molecule has 0 heterocycles. The Morgan fingerprint density at radius 3 is 1.93 bits per heavy atom. The minimum absolute atomic E-state index is 0.282. The molecule has 30 heavy (non-hydrogen) atoms. The minimum Gasteiger partial charge on any atom is -0.179 e. The molecule has 1 aliphatic rings. The topological polar surface area (TPSA) is 20.2 Å². The molecule has 1 unspecified atom stereocenters. The molecule has 1 atom stereocenters. The van der Waals surface area contributed by atoms with Crippen molar-refractivity contribution in [1.82, 2.24) is 0 Å². The van der Waals surface area contributed by atoms with Gasteiger partial charge in [-0.25, -0.2) is 0 Å². The van der Waals surface area contributed by atoms with Crippen molar-refractivity contribution in [2.24, 2.45) is 0 Å². The fraction of sp³-hybridized carbons (Fsp3) is 0.192. The van der Waals surface area contributed by atoms with Gasteiger partial charge in [-0.1, -0.05) is 54.6 Å². The molecule has 0 bridgehead atoms. The molecule has 0 aromatic heterocycles. The van der Waals surface area contributed by atoms with Gasteiger partial charge in [-0.2, -0.15) is 56.7 Å². The van der Waals surface area contributed by atoms with Crippen LogP contribution in [0.5, 0.6) is 0 Å². The predicted octanol–water partition coefficient (Wildman–Crippen LogP) is 7.78. The first-order valence-electron chi connectivity index (χ1n) is 9.58. The fourth-order valence-corrected chi connectivity index (χ4v) is 3.13. The quantitative estimate of drug-likeness (QED) is 0.297. The molecule has 0 radical (unpaired) electrons. The van der Waals surface area contributed by atoms with Crippen LogP contribution < -0.4 is 0 Å². The Morgan fingerprint density at radius 2 is 1.37 bits per heavy atom. The molecule has 1 aliphatic carbocycles. The van der Waals surface area contributed by atoms with Crippen LogP contribution in [0.25, 0.3) is 11.6 Å². The summed E-state index contributed by atoms with van der Waals surface area (Å²) in [5.41, 5.74) is 6.57. The summed E-state index contributed by atoms with van der Waals surface area (Å²) >= 11 is -0.556. The van der Waals surface area contributed by atoms with Crippen molar-refractivity contribution < 1.29 is 22.1 Å². The normalized spacial score (nSPS) is 13.3. The van der Waals surface area contributed by atoms with Crippen LogP contribution >= 0.6 is 18.6 Å². The van der Waals surface area contributed by atoms with E-state index < -0.39 is 17.0 Å². The van der Waals surface area contributed by atoms with Crippen molar-refractivity contribution in [3.63, 3.8) is 0 Å². The van der Waals surface area contributed by atoms with Crippen molar-refractivity contribution in [1.29, 1.82) is 0 Å². The largest absolute Gasteiger partial charge is 0.179 e. The molecule has 0 aliphatic heterocycles. The second-order valence-electron chi connectivity index (χ2n) is 6.92. The van der Waals surface area contributed by atoms with E-state index in [4.69, 9.17) is 23.7 Å². The molecular weight excluding hydrogens is 447 g/mol. The van der Waals surface area contributed by atoms with Gasteiger partial charge in [0.1, 0.15) is 0 Å². The SMILES string of the molecule is CO.C[C-](C)C.[Cl][Ti][Cl].[c-]1ccccc1C1C(c2ccccc2)=Cc2ccccc21. The van der Waals surface area contributed by atoms with Crippen LogP contribution in [0.2, 0.25) is 0 Å². The van der Waals surface area contributed by atoms with E-state index in [1.807, 2.05) is 12.1 Å². The van der Waals surface area contributed by atoms with Gasteiger partial charge in [0.25, 0.3) is 0 Å². The standard InChI is InChI=1S/C21H15.C4H9.CH4O.2ClH.Ti/c1-3-9-16(10-4-1)20-15-18-13-7-8-14-19(18)21(20)17-11-5-2-6-12-17;1-4(2)3;1-2;;;/h1-11,13-15,21H;1-3H3;2H,1H3;2*1H;/q2*-1;;;;+2/p-2. The van der Waals surface area contributed by atoms with Gasteiger partial charge in [0.05, 0.1) is 0 Å². The molecule has 4 rings (SSSR count). The van der Waals surface area contributed by atoms with Crippen LogP contribution in [0, 0.1) is 12.0 Å². The summed E-state index contributed by atoms with van der Waals surface area (Å²) in [4.78, 5) is 0. The van der Waals surface area contributed by atoms with Gasteiger partial charge >= 0.3 is 35.6 Å². The number of aliphatic hydroxyl groups is 1. The van der Waals surface area contributed by atoms with E-state index in [0.717, 1.165) is 7.11 Å². The summed E-state index contributed by atoms with van der Waals surface area (Å²) in [5, 5.41) is 7.00. The molecule has 0 saturated carbocycles. The van der Waals surface area contributed by atoms with Gasteiger partial charge in [-0.3, -0.25) is 0 Å². The molecule has 4 heteroatoms. The summed E-state index contributed by atoms with van der Waals surface area (Å²) < 4.78 is 0. The van der Waals surface area contributed by atoms with E-state index in [-0.39, 0.29) is 5.92 Å². The number of hydrogen-bond acceptors (Lipinski definition) is 1. The molecule has 3 aromatic rings. The van der Waals surface area contributed by atoms with Crippen LogP contribution in [-0.4, -0.2) is 12.2 Å². The molecule has 158 valence electrons. The minimum atomic E-state index is -0.556. The zero-order valence-electron chi connectivity index (χ0n) is 17.9. The first kappa shape index (κ1) is 26.7. The van der Waals surface area contributed by atoms with Crippen molar-refractivity contribution in [2.45, 2.75) is 26.7 Å². The average Bonchev–Trinajstić information content (AvgIpc) is 3.16. The monoisotopic (exact) mass is 474 g/mol. The average molecular weight is 475 g/mol. The number of benzene rings is 3. The Morgan fingerprint density at radius 1 is 0.833 bits per heavy atom. The summed E-state index contributed by atoms with van der Waals surface area (Å²) in [5.74, 6) is 1.70. The molecular formula is C26H28Cl2OTi-2. The Labute approximate surface area is 198 Å². The zero-order chi connectivity index (χ0) is 22.4. The van der Waals surface area contributed by atoms with Gasteiger partial charge < -0.3 is 11.0 Å². The Kier molecular flexibility index (Phi) is 13.7. The number of allylic oxidation sites excluding steroid dienone is 1. The summed E-state index contributed by atoms with van der Waals surface area (Å²) in [6, 6.07) is 31.0. The summed E-state index contributed by atoms with van der Waals surface area (Å²) in [6.45, 7) is 6.25. The maximum absolute atomic E-state index is 7.00. The summed E-state index contributed by atoms with van der Waals surface area (Å²) in [6.07, 6.45) is 2.32. The third kappa shape index (κ3) is 8.42. The molecule has 3 aromatic carbocycles. The van der Waals surface area contributed by atoms with Crippen LogP contribution in [0.3, 0.4) is 0 Å². The van der Waals surface area contributed by atoms with Crippen LogP contribution in [0.4, 0.5) is 0 Å². The molecule has 0 spiro atoms. The summed E-state index contributed by atoms with van der Waals surface area (Å²) in [7, 11) is 10.8. The molecule has 1 N–H and O–H groups in total. The van der Waals surface area contributed by atoms with E-state index in [0.29, 0.717) is 0 Å². The molecule has 0 fully saturated rings. The first-order valence-corrected chi connectivity index (χ1v) is 13.9. The van der Waals surface area contributed by atoms with E-state index in [1.165, 1.54) is 33.7 Å². The zero-order valence-corrected chi connectivity index (χ0v) is 20.9. The van der Waals surface area contributed by atoms with Gasteiger partial charge in [0.2, 0.25) is 0 Å². The van der Waals surface area contributed by atoms with Gasteiger partial charge in [0, 0.05) is 13.0 Å². The maximum atomic E-state index is 7.00. The number of hydrogen-bond donors (Lipinski definition) is 1. The van der Waals surface area contributed by atoms with Crippen molar-refractivity contribution in [2.75, 3.05) is 7.11 Å². The van der Waals surface area contributed by atoms with Gasteiger partial charge in [-0.15, -0.1) is 0 Å². The third-order valence-electron chi connectivity index (χ3n) is 4.08. The van der Waals surface area contributed by atoms with E-state index in [2.05, 4.69) is 99.6 Å². The maximum Gasteiger partial charge on any atom is 0.0126 e. The molecule has 1 nitrogen and oxygen atoms in total. The van der Waals surface area contributed by atoms with Crippen molar-refractivity contribution >= 4 is 30.3 Å². The van der Waals surface area contributed by atoms with E-state index in [9.17, 15) is 0 Å². The van der Waals surface area contributed by atoms with Gasteiger partial charge in [-0.05, 0) is 28.3 Å². The van der Waals surface area contributed by atoms with Gasteiger partial charge in [0.15, 0.2) is 0 Å². The van der Waals surface area contributed by atoms with Crippen LogP contribution in [0.15, 0.2) is 78.9 Å². The molecule has 0 amide bonds. The van der Waals surface area contributed by atoms with Crippen molar-refractivity contribution in [3.05, 3.63) is 113 Å². The Bertz CT molecular complexity index is 862. The van der Waals surface area contributed by atoms with E-state index >= 15 is 0 Å². The van der Waals surface area contributed by atoms with Crippen LogP contribution in [-0.2, 0) is 17.0 Å². The van der Waals surface area contributed by atoms with Crippen molar-refractivity contribution in [3.8, 4) is 0 Å². The first-order chi connectivity index (χ1) is 14.6. The second-order valence-corrected chi connectivity index (χ2v) is 9.50. The third-order valence-corrected chi connectivity index (χ3v) is 4.08.